The highest BCUT2D eigenvalue weighted by atomic mass is 16.6. The molecule has 0 fully saturated rings. The van der Waals surface area contributed by atoms with E-state index in [9.17, 15) is 14.7 Å². The van der Waals surface area contributed by atoms with Crippen molar-refractivity contribution in [3.05, 3.63) is 0 Å². The molecule has 2 atom stereocenters. The van der Waals surface area contributed by atoms with E-state index in [2.05, 4.69) is 5.32 Å². The Morgan fingerprint density at radius 1 is 1.38 bits per heavy atom. The number of rotatable bonds is 4. The minimum atomic E-state index is -1.29. The lowest BCUT2D eigenvalue weighted by atomic mass is 10.00. The smallest absolute Gasteiger partial charge is 0.408 e. The molecule has 0 bridgehead atoms. The molecule has 0 rings (SSSR count). The highest BCUT2D eigenvalue weighted by Crippen LogP contribution is 2.10. The Labute approximate surface area is 96.2 Å². The van der Waals surface area contributed by atoms with E-state index in [1.54, 1.807) is 27.7 Å². The lowest BCUT2D eigenvalue weighted by molar-refractivity contribution is -0.309. The predicted octanol–water partition coefficient (Wildman–Crippen LogP) is 0.676. The standard InChI is InChI=1S/C11H21NO4/c1-6-7(2)8(9(13)14)12-10(15)16-11(3,4)5/h7-8H,6H2,1-5H3,(H,12,15)(H,13,14)/p-1/t7-,8-/m0/s1. The Hall–Kier alpha value is -1.26. The molecule has 0 radical (unpaired) electrons. The molecule has 0 aromatic carbocycles. The van der Waals surface area contributed by atoms with Crippen molar-refractivity contribution in [3.63, 3.8) is 0 Å². The molecular formula is C11H20NO4-. The van der Waals surface area contributed by atoms with Crippen LogP contribution >= 0.6 is 0 Å². The second-order valence-electron chi connectivity index (χ2n) is 4.83. The van der Waals surface area contributed by atoms with E-state index in [0.29, 0.717) is 6.42 Å². The lowest BCUT2D eigenvalue weighted by Crippen LogP contribution is -2.52. The van der Waals surface area contributed by atoms with Crippen LogP contribution in [0.4, 0.5) is 4.79 Å². The zero-order chi connectivity index (χ0) is 12.9. The van der Waals surface area contributed by atoms with Crippen LogP contribution in [0.25, 0.3) is 0 Å². The first kappa shape index (κ1) is 14.7. The third-order valence-electron chi connectivity index (χ3n) is 2.14. The zero-order valence-electron chi connectivity index (χ0n) is 10.5. The van der Waals surface area contributed by atoms with Gasteiger partial charge in [-0.1, -0.05) is 20.3 Å². The molecule has 1 N–H and O–H groups in total. The summed E-state index contributed by atoms with van der Waals surface area (Å²) in [6.45, 7) is 8.72. The first-order valence-corrected chi connectivity index (χ1v) is 5.37. The van der Waals surface area contributed by atoms with Crippen molar-refractivity contribution in [1.82, 2.24) is 5.32 Å². The van der Waals surface area contributed by atoms with Gasteiger partial charge in [0.1, 0.15) is 5.60 Å². The van der Waals surface area contributed by atoms with Gasteiger partial charge in [0.05, 0.1) is 12.0 Å². The fourth-order valence-corrected chi connectivity index (χ4v) is 1.10. The Balaban J connectivity index is 4.42. The molecule has 16 heavy (non-hydrogen) atoms. The van der Waals surface area contributed by atoms with Gasteiger partial charge in [-0.2, -0.15) is 0 Å². The molecule has 0 aromatic heterocycles. The van der Waals surface area contributed by atoms with Crippen molar-refractivity contribution in [3.8, 4) is 0 Å². The van der Waals surface area contributed by atoms with Crippen molar-refractivity contribution in [2.24, 2.45) is 5.92 Å². The Kier molecular flexibility index (Phi) is 5.27. The van der Waals surface area contributed by atoms with Crippen LogP contribution in [0, 0.1) is 5.92 Å². The summed E-state index contributed by atoms with van der Waals surface area (Å²) < 4.78 is 4.97. The molecule has 0 aliphatic carbocycles. The summed E-state index contributed by atoms with van der Waals surface area (Å²) in [5, 5.41) is 13.1. The Bertz CT molecular complexity index is 257. The molecule has 5 nitrogen and oxygen atoms in total. The fraction of sp³-hybridized carbons (Fsp3) is 0.818. The number of alkyl carbamates (subject to hydrolysis) is 1. The van der Waals surface area contributed by atoms with Gasteiger partial charge in [0, 0.05) is 0 Å². The number of ether oxygens (including phenoxy) is 1. The van der Waals surface area contributed by atoms with Gasteiger partial charge in [-0.05, 0) is 26.7 Å². The molecule has 0 aliphatic heterocycles. The molecule has 1 amide bonds. The molecule has 0 saturated heterocycles. The van der Waals surface area contributed by atoms with E-state index >= 15 is 0 Å². The van der Waals surface area contributed by atoms with Crippen molar-refractivity contribution < 1.29 is 19.4 Å². The van der Waals surface area contributed by atoms with E-state index < -0.39 is 23.7 Å². The van der Waals surface area contributed by atoms with Crippen molar-refractivity contribution in [2.45, 2.75) is 52.7 Å². The molecule has 0 aromatic rings. The first-order chi connectivity index (χ1) is 7.17. The van der Waals surface area contributed by atoms with Gasteiger partial charge in [-0.25, -0.2) is 4.79 Å². The maximum absolute atomic E-state index is 11.4. The zero-order valence-corrected chi connectivity index (χ0v) is 10.5. The highest BCUT2D eigenvalue weighted by molar-refractivity contribution is 5.78. The molecule has 0 heterocycles. The van der Waals surface area contributed by atoms with E-state index in [1.165, 1.54) is 0 Å². The number of nitrogens with one attached hydrogen (secondary N) is 1. The van der Waals surface area contributed by atoms with Crippen molar-refractivity contribution in [1.29, 1.82) is 0 Å². The lowest BCUT2D eigenvalue weighted by Gasteiger charge is -2.27. The van der Waals surface area contributed by atoms with Crippen LogP contribution in [0.1, 0.15) is 41.0 Å². The molecule has 94 valence electrons. The van der Waals surface area contributed by atoms with Gasteiger partial charge < -0.3 is 20.0 Å². The quantitative estimate of drug-likeness (QED) is 0.770. The second-order valence-corrected chi connectivity index (χ2v) is 4.83. The van der Waals surface area contributed by atoms with E-state index in [1.807, 2.05) is 6.92 Å². The van der Waals surface area contributed by atoms with Gasteiger partial charge in [-0.3, -0.25) is 0 Å². The van der Waals surface area contributed by atoms with Crippen LogP contribution in [0.2, 0.25) is 0 Å². The topological polar surface area (TPSA) is 78.5 Å². The monoisotopic (exact) mass is 230 g/mol. The Morgan fingerprint density at radius 3 is 2.19 bits per heavy atom. The van der Waals surface area contributed by atoms with Crippen LogP contribution in [0.3, 0.4) is 0 Å². The van der Waals surface area contributed by atoms with E-state index in [4.69, 9.17) is 4.74 Å². The molecule has 0 aliphatic rings. The third-order valence-corrected chi connectivity index (χ3v) is 2.14. The summed E-state index contributed by atoms with van der Waals surface area (Å²) in [6.07, 6.45) is -0.101. The minimum absolute atomic E-state index is 0.197. The third kappa shape index (κ3) is 5.58. The SMILES string of the molecule is CC[C@H](C)[C@H](NC(=O)OC(C)(C)C)C(=O)[O-]. The van der Waals surface area contributed by atoms with Gasteiger partial charge in [0.25, 0.3) is 0 Å². The molecule has 0 saturated carbocycles. The summed E-state index contributed by atoms with van der Waals surface area (Å²) in [5.74, 6) is -1.49. The average Bonchev–Trinajstić information content (AvgIpc) is 2.09. The Morgan fingerprint density at radius 2 is 1.88 bits per heavy atom. The largest absolute Gasteiger partial charge is 0.548 e. The number of carboxylic acid groups (broad SMARTS) is 1. The summed E-state index contributed by atoms with van der Waals surface area (Å²) in [5.41, 5.74) is -0.643. The van der Waals surface area contributed by atoms with Gasteiger partial charge in [0.2, 0.25) is 0 Å². The average molecular weight is 230 g/mol. The number of hydrogen-bond donors (Lipinski definition) is 1. The van der Waals surface area contributed by atoms with Gasteiger partial charge >= 0.3 is 6.09 Å². The molecule has 5 heteroatoms. The fourth-order valence-electron chi connectivity index (χ4n) is 1.10. The van der Waals surface area contributed by atoms with E-state index in [0.717, 1.165) is 0 Å². The van der Waals surface area contributed by atoms with Gasteiger partial charge in [-0.15, -0.1) is 0 Å². The number of hydrogen-bond acceptors (Lipinski definition) is 4. The van der Waals surface area contributed by atoms with Crippen LogP contribution in [-0.4, -0.2) is 23.7 Å². The van der Waals surface area contributed by atoms with Crippen LogP contribution in [-0.2, 0) is 9.53 Å². The molecule has 0 spiro atoms. The number of carbonyl (C=O) groups is 2. The highest BCUT2D eigenvalue weighted by Gasteiger charge is 2.23. The van der Waals surface area contributed by atoms with E-state index in [-0.39, 0.29) is 5.92 Å². The summed E-state index contributed by atoms with van der Waals surface area (Å²) in [6, 6.07) is -1.01. The predicted molar refractivity (Wildman–Crippen MR) is 57.6 cm³/mol. The number of carbonyl (C=O) groups excluding carboxylic acids is 2. The maximum Gasteiger partial charge on any atom is 0.408 e. The summed E-state index contributed by atoms with van der Waals surface area (Å²) in [4.78, 5) is 22.2. The molecular weight excluding hydrogens is 210 g/mol. The van der Waals surface area contributed by atoms with Crippen LogP contribution in [0.15, 0.2) is 0 Å². The number of amides is 1. The maximum atomic E-state index is 11.4. The minimum Gasteiger partial charge on any atom is -0.548 e. The van der Waals surface area contributed by atoms with Crippen LogP contribution < -0.4 is 10.4 Å². The number of aliphatic carboxylic acids is 1. The van der Waals surface area contributed by atoms with Crippen molar-refractivity contribution in [2.75, 3.05) is 0 Å². The summed E-state index contributed by atoms with van der Waals surface area (Å²) >= 11 is 0. The van der Waals surface area contributed by atoms with Gasteiger partial charge in [0.15, 0.2) is 0 Å². The molecule has 0 unspecified atom stereocenters. The second kappa shape index (κ2) is 5.72. The number of carboxylic acids is 1. The first-order valence-electron chi connectivity index (χ1n) is 5.37. The van der Waals surface area contributed by atoms with Crippen molar-refractivity contribution >= 4 is 12.1 Å². The summed E-state index contributed by atoms with van der Waals surface area (Å²) in [7, 11) is 0. The normalized spacial score (nSPS) is 15.1. The van der Waals surface area contributed by atoms with Crippen LogP contribution in [0.5, 0.6) is 0 Å².